The van der Waals surface area contributed by atoms with Gasteiger partial charge in [-0.2, -0.15) is 0 Å². The minimum absolute atomic E-state index is 0.205. The molecule has 1 fully saturated rings. The van der Waals surface area contributed by atoms with Crippen LogP contribution >= 0.6 is 0 Å². The minimum Gasteiger partial charge on any atom is -0.481 e. The highest BCUT2D eigenvalue weighted by Crippen LogP contribution is 2.58. The third kappa shape index (κ3) is 2.05. The maximum atomic E-state index is 11.8. The first-order valence-electron chi connectivity index (χ1n) is 5.46. The first-order chi connectivity index (χ1) is 7.94. The summed E-state index contributed by atoms with van der Waals surface area (Å²) in [5, 5.41) is 11.7. The Balaban J connectivity index is 1.92. The molecule has 2 atom stereocenters. The monoisotopic (exact) mass is 237 g/mol. The van der Waals surface area contributed by atoms with Crippen LogP contribution in [0.1, 0.15) is 19.4 Å². The molecule has 1 saturated carbocycles. The zero-order valence-electron chi connectivity index (χ0n) is 9.77. The Kier molecular flexibility index (Phi) is 2.69. The fourth-order valence-electron chi connectivity index (χ4n) is 2.28. The molecule has 0 aromatic carbocycles. The van der Waals surface area contributed by atoms with Gasteiger partial charge in [-0.05, 0) is 11.5 Å². The van der Waals surface area contributed by atoms with Gasteiger partial charge >= 0.3 is 5.97 Å². The summed E-state index contributed by atoms with van der Waals surface area (Å²) in [7, 11) is 0. The minimum atomic E-state index is -0.904. The predicted octanol–water partition coefficient (Wildman–Crippen LogP) is 1.25. The molecule has 0 saturated heterocycles. The van der Waals surface area contributed by atoms with E-state index in [9.17, 15) is 9.59 Å². The van der Waals surface area contributed by atoms with Crippen LogP contribution in [0.5, 0.6) is 0 Å². The van der Waals surface area contributed by atoms with E-state index in [2.05, 4.69) is 5.32 Å². The highest BCUT2D eigenvalue weighted by molar-refractivity contribution is 5.91. The molecule has 1 aromatic heterocycles. The smallest absolute Gasteiger partial charge is 0.307 e. The summed E-state index contributed by atoms with van der Waals surface area (Å²) in [5.74, 6) is -2.12. The summed E-state index contributed by atoms with van der Waals surface area (Å²) < 4.78 is 4.88. The molecule has 0 spiro atoms. The summed E-state index contributed by atoms with van der Waals surface area (Å²) in [6.45, 7) is 3.97. The van der Waals surface area contributed by atoms with Crippen molar-refractivity contribution in [2.75, 3.05) is 0 Å². The number of carbonyl (C=O) groups excluding carboxylic acids is 1. The molecule has 0 aliphatic heterocycles. The second-order valence-corrected chi connectivity index (χ2v) is 4.96. The molecule has 5 heteroatoms. The van der Waals surface area contributed by atoms with Crippen LogP contribution in [-0.4, -0.2) is 17.0 Å². The van der Waals surface area contributed by atoms with Gasteiger partial charge in [0.2, 0.25) is 5.91 Å². The van der Waals surface area contributed by atoms with Gasteiger partial charge in [-0.1, -0.05) is 13.8 Å². The van der Waals surface area contributed by atoms with E-state index in [1.54, 1.807) is 26.2 Å². The van der Waals surface area contributed by atoms with Crippen LogP contribution in [0.15, 0.2) is 23.0 Å². The van der Waals surface area contributed by atoms with E-state index >= 15 is 0 Å². The largest absolute Gasteiger partial charge is 0.481 e. The van der Waals surface area contributed by atoms with Crippen LogP contribution < -0.4 is 5.32 Å². The molecule has 5 nitrogen and oxygen atoms in total. The number of carboxylic acids is 1. The third-order valence-electron chi connectivity index (χ3n) is 3.42. The van der Waals surface area contributed by atoms with Gasteiger partial charge in [-0.3, -0.25) is 9.59 Å². The molecule has 17 heavy (non-hydrogen) atoms. The highest BCUT2D eigenvalue weighted by atomic mass is 16.4. The lowest BCUT2D eigenvalue weighted by Gasteiger charge is -2.04. The van der Waals surface area contributed by atoms with Gasteiger partial charge < -0.3 is 14.8 Å². The SMILES string of the molecule is CC1(C)[C@H](C(=O)O)[C@@H]1C(=O)NCc1ccoc1. The number of amides is 1. The summed E-state index contributed by atoms with van der Waals surface area (Å²) in [4.78, 5) is 22.8. The molecule has 92 valence electrons. The van der Waals surface area contributed by atoms with E-state index in [0.717, 1.165) is 5.56 Å². The van der Waals surface area contributed by atoms with Crippen molar-refractivity contribution in [3.8, 4) is 0 Å². The van der Waals surface area contributed by atoms with Crippen molar-refractivity contribution in [3.05, 3.63) is 24.2 Å². The maximum absolute atomic E-state index is 11.8. The van der Waals surface area contributed by atoms with Gasteiger partial charge in [0.05, 0.1) is 24.4 Å². The lowest BCUT2D eigenvalue weighted by molar-refractivity contribution is -0.140. The quantitative estimate of drug-likeness (QED) is 0.826. The molecule has 0 bridgehead atoms. The molecule has 2 rings (SSSR count). The molecule has 1 amide bonds. The fraction of sp³-hybridized carbons (Fsp3) is 0.500. The number of furan rings is 1. The molecule has 1 heterocycles. The molecule has 0 unspecified atom stereocenters. The molecule has 1 aromatic rings. The zero-order chi connectivity index (χ0) is 12.6. The predicted molar refractivity (Wildman–Crippen MR) is 59.0 cm³/mol. The van der Waals surface area contributed by atoms with E-state index in [0.29, 0.717) is 6.54 Å². The van der Waals surface area contributed by atoms with E-state index in [1.807, 2.05) is 0 Å². The van der Waals surface area contributed by atoms with Crippen molar-refractivity contribution >= 4 is 11.9 Å². The fourth-order valence-corrected chi connectivity index (χ4v) is 2.28. The zero-order valence-corrected chi connectivity index (χ0v) is 9.77. The van der Waals surface area contributed by atoms with Gasteiger partial charge in [0.25, 0.3) is 0 Å². The lowest BCUT2D eigenvalue weighted by Crippen LogP contribution is -2.26. The third-order valence-corrected chi connectivity index (χ3v) is 3.42. The Labute approximate surface area is 98.8 Å². The van der Waals surface area contributed by atoms with Gasteiger partial charge in [0.15, 0.2) is 0 Å². The number of rotatable bonds is 4. The van der Waals surface area contributed by atoms with Gasteiger partial charge in [0.1, 0.15) is 0 Å². The van der Waals surface area contributed by atoms with E-state index in [1.165, 1.54) is 6.26 Å². The molecular weight excluding hydrogens is 222 g/mol. The van der Waals surface area contributed by atoms with Crippen LogP contribution in [0, 0.1) is 17.3 Å². The van der Waals surface area contributed by atoms with Gasteiger partial charge in [-0.25, -0.2) is 0 Å². The number of nitrogens with one attached hydrogen (secondary N) is 1. The van der Waals surface area contributed by atoms with Crippen LogP contribution in [0.4, 0.5) is 0 Å². The van der Waals surface area contributed by atoms with Gasteiger partial charge in [0, 0.05) is 12.1 Å². The number of aliphatic carboxylic acids is 1. The Morgan fingerprint density at radius 3 is 2.65 bits per heavy atom. The second kappa shape index (κ2) is 3.91. The highest BCUT2D eigenvalue weighted by Gasteiger charge is 2.65. The normalized spacial score (nSPS) is 25.3. The van der Waals surface area contributed by atoms with Crippen LogP contribution in [0.25, 0.3) is 0 Å². The van der Waals surface area contributed by atoms with E-state index in [-0.39, 0.29) is 5.91 Å². The Morgan fingerprint density at radius 1 is 1.47 bits per heavy atom. The standard InChI is InChI=1S/C12H15NO4/c1-12(2)8(9(12)11(15)16)10(14)13-5-7-3-4-17-6-7/h3-4,6,8-9H,5H2,1-2H3,(H,13,14)(H,15,16)/t8-,9+/m1/s1. The topological polar surface area (TPSA) is 79.5 Å². The molecule has 1 aliphatic rings. The number of carbonyl (C=O) groups is 2. The van der Waals surface area contributed by atoms with Crippen LogP contribution in [0.2, 0.25) is 0 Å². The maximum Gasteiger partial charge on any atom is 0.307 e. The Morgan fingerprint density at radius 2 is 2.18 bits per heavy atom. The van der Waals surface area contributed by atoms with Gasteiger partial charge in [-0.15, -0.1) is 0 Å². The summed E-state index contributed by atoms with van der Waals surface area (Å²) in [6.07, 6.45) is 3.08. The average molecular weight is 237 g/mol. The second-order valence-electron chi connectivity index (χ2n) is 4.96. The van der Waals surface area contributed by atoms with Crippen molar-refractivity contribution in [2.45, 2.75) is 20.4 Å². The van der Waals surface area contributed by atoms with Crippen molar-refractivity contribution < 1.29 is 19.1 Å². The number of hydrogen-bond acceptors (Lipinski definition) is 3. The number of carboxylic acid groups (broad SMARTS) is 1. The lowest BCUT2D eigenvalue weighted by atomic mass is 10.1. The molecule has 1 aliphatic carbocycles. The van der Waals surface area contributed by atoms with Crippen LogP contribution in [-0.2, 0) is 16.1 Å². The summed E-state index contributed by atoms with van der Waals surface area (Å²) in [6, 6.07) is 1.76. The molecule has 0 radical (unpaired) electrons. The van der Waals surface area contributed by atoms with Crippen molar-refractivity contribution in [1.82, 2.24) is 5.32 Å². The summed E-state index contributed by atoms with van der Waals surface area (Å²) >= 11 is 0. The Bertz CT molecular complexity index is 435. The van der Waals surface area contributed by atoms with Crippen LogP contribution in [0.3, 0.4) is 0 Å². The van der Waals surface area contributed by atoms with Crippen molar-refractivity contribution in [3.63, 3.8) is 0 Å². The number of hydrogen-bond donors (Lipinski definition) is 2. The van der Waals surface area contributed by atoms with E-state index < -0.39 is 23.2 Å². The average Bonchev–Trinajstić information content (AvgIpc) is 2.65. The Hall–Kier alpha value is -1.78. The first-order valence-corrected chi connectivity index (χ1v) is 5.46. The van der Waals surface area contributed by atoms with E-state index in [4.69, 9.17) is 9.52 Å². The molecule has 2 N–H and O–H groups in total. The summed E-state index contributed by atoms with van der Waals surface area (Å²) in [5.41, 5.74) is 0.412. The van der Waals surface area contributed by atoms with Crippen molar-refractivity contribution in [1.29, 1.82) is 0 Å². The molecular formula is C12H15NO4. The van der Waals surface area contributed by atoms with Crippen molar-refractivity contribution in [2.24, 2.45) is 17.3 Å². The first kappa shape index (κ1) is 11.7.